The van der Waals surface area contributed by atoms with Crippen molar-refractivity contribution in [3.05, 3.63) is 0 Å². The number of hydrogen-bond donors (Lipinski definition) is 1. The standard InChI is InChI=1S/C25H51O6PS/c1-5-8-10-12-13-14-15-17-19-22-33-24(20-18-16-11-9-6-2)23(4)30-31-32(28,25(26)27)29-21-7-3/h23-24H,5-22H2,1-4H3,(H,26,27). The molecule has 0 bridgehead atoms. The van der Waals surface area contributed by atoms with Crippen LogP contribution in [0, 0.1) is 0 Å². The van der Waals surface area contributed by atoms with Crippen LogP contribution in [-0.4, -0.2) is 34.5 Å². The Bertz CT molecular complexity index is 505. The zero-order valence-electron chi connectivity index (χ0n) is 21.7. The predicted octanol–water partition coefficient (Wildman–Crippen LogP) is 9.61. The van der Waals surface area contributed by atoms with Gasteiger partial charge in [-0.3, -0.25) is 4.52 Å². The molecule has 0 aromatic rings. The van der Waals surface area contributed by atoms with E-state index in [1.165, 1.54) is 83.5 Å². The van der Waals surface area contributed by atoms with Crippen LogP contribution in [-0.2, 0) is 18.7 Å². The van der Waals surface area contributed by atoms with Crippen molar-refractivity contribution in [2.45, 2.75) is 142 Å². The summed E-state index contributed by atoms with van der Waals surface area (Å²) in [7, 11) is -4.31. The first-order valence-electron chi connectivity index (χ1n) is 13.4. The summed E-state index contributed by atoms with van der Waals surface area (Å²) in [5, 5.41) is 9.42. The molecule has 0 amide bonds. The minimum absolute atomic E-state index is 0.0511. The van der Waals surface area contributed by atoms with E-state index in [2.05, 4.69) is 13.8 Å². The SMILES string of the molecule is CCCCCCCCCCCSC(CCCCCCC)C(C)OOP(=O)(OCCC)C(=O)O. The molecular weight excluding hydrogens is 459 g/mol. The number of unbranched alkanes of at least 4 members (excludes halogenated alkanes) is 12. The molecule has 0 saturated carbocycles. The van der Waals surface area contributed by atoms with E-state index < -0.39 is 13.3 Å². The third-order valence-corrected chi connectivity index (χ3v) is 8.53. The van der Waals surface area contributed by atoms with Crippen molar-refractivity contribution in [2.75, 3.05) is 12.4 Å². The van der Waals surface area contributed by atoms with Gasteiger partial charge in [0.2, 0.25) is 0 Å². The quantitative estimate of drug-likeness (QED) is 0.0566. The minimum atomic E-state index is -4.31. The van der Waals surface area contributed by atoms with Crippen LogP contribution in [0.4, 0.5) is 4.79 Å². The van der Waals surface area contributed by atoms with Gasteiger partial charge in [-0.05, 0) is 31.9 Å². The summed E-state index contributed by atoms with van der Waals surface area (Å²) < 4.78 is 22.3. The summed E-state index contributed by atoms with van der Waals surface area (Å²) in [5.41, 5.74) is -1.61. The number of thioether (sulfide) groups is 1. The zero-order valence-corrected chi connectivity index (χ0v) is 23.4. The van der Waals surface area contributed by atoms with Crippen molar-refractivity contribution >= 4 is 25.1 Å². The lowest BCUT2D eigenvalue weighted by Crippen LogP contribution is -2.24. The fourth-order valence-electron chi connectivity index (χ4n) is 3.56. The van der Waals surface area contributed by atoms with Crippen LogP contribution in [0.15, 0.2) is 0 Å². The minimum Gasteiger partial charge on any atom is -0.472 e. The first-order valence-corrected chi connectivity index (χ1v) is 15.9. The lowest BCUT2D eigenvalue weighted by atomic mass is 10.1. The van der Waals surface area contributed by atoms with Gasteiger partial charge in [0.25, 0.3) is 0 Å². The highest BCUT2D eigenvalue weighted by atomic mass is 32.2. The van der Waals surface area contributed by atoms with Gasteiger partial charge in [0.1, 0.15) is 6.10 Å². The molecule has 3 unspecified atom stereocenters. The van der Waals surface area contributed by atoms with Crippen molar-refractivity contribution in [1.29, 1.82) is 0 Å². The maximum atomic E-state index is 12.4. The van der Waals surface area contributed by atoms with E-state index in [0.29, 0.717) is 6.42 Å². The molecule has 0 saturated heterocycles. The third-order valence-electron chi connectivity index (χ3n) is 5.69. The number of carbonyl (C=O) groups is 1. The van der Waals surface area contributed by atoms with Crippen LogP contribution in [0.3, 0.4) is 0 Å². The second-order valence-electron chi connectivity index (χ2n) is 8.93. The summed E-state index contributed by atoms with van der Waals surface area (Å²) in [6.07, 6.45) is 18.9. The zero-order chi connectivity index (χ0) is 24.8. The van der Waals surface area contributed by atoms with Crippen LogP contribution >= 0.6 is 19.4 Å². The van der Waals surface area contributed by atoms with E-state index in [4.69, 9.17) is 14.1 Å². The van der Waals surface area contributed by atoms with Crippen molar-refractivity contribution in [2.24, 2.45) is 0 Å². The van der Waals surface area contributed by atoms with Crippen LogP contribution in [0.2, 0.25) is 0 Å². The lowest BCUT2D eigenvalue weighted by molar-refractivity contribution is -0.245. The van der Waals surface area contributed by atoms with E-state index in [0.717, 1.165) is 18.6 Å². The van der Waals surface area contributed by atoms with Gasteiger partial charge in [0, 0.05) is 5.25 Å². The van der Waals surface area contributed by atoms with E-state index in [-0.39, 0.29) is 18.0 Å². The molecular formula is C25H51O6PS. The number of hydrogen-bond acceptors (Lipinski definition) is 6. The summed E-state index contributed by atoms with van der Waals surface area (Å²) in [6, 6.07) is 0. The predicted molar refractivity (Wildman–Crippen MR) is 140 cm³/mol. The first kappa shape index (κ1) is 32.9. The van der Waals surface area contributed by atoms with Gasteiger partial charge in [-0.2, -0.15) is 11.8 Å². The number of rotatable bonds is 25. The Kier molecular flexibility index (Phi) is 22.4. The summed E-state index contributed by atoms with van der Waals surface area (Å²) in [4.78, 5) is 16.7. The maximum Gasteiger partial charge on any atom is 0.464 e. The van der Waals surface area contributed by atoms with Gasteiger partial charge in [-0.1, -0.05) is 104 Å². The van der Waals surface area contributed by atoms with Gasteiger partial charge in [0.05, 0.1) is 6.61 Å². The Morgan fingerprint density at radius 1 is 0.818 bits per heavy atom. The molecule has 0 spiro atoms. The Hall–Kier alpha value is -0.0700. The van der Waals surface area contributed by atoms with Crippen molar-refractivity contribution in [1.82, 2.24) is 0 Å². The molecule has 0 fully saturated rings. The molecule has 0 rings (SSSR count). The largest absolute Gasteiger partial charge is 0.472 e. The van der Waals surface area contributed by atoms with Crippen molar-refractivity contribution in [3.8, 4) is 0 Å². The smallest absolute Gasteiger partial charge is 0.464 e. The van der Waals surface area contributed by atoms with Crippen LogP contribution in [0.25, 0.3) is 0 Å². The molecule has 1 N–H and O–H groups in total. The molecule has 0 heterocycles. The van der Waals surface area contributed by atoms with Crippen LogP contribution in [0.5, 0.6) is 0 Å². The molecule has 198 valence electrons. The Morgan fingerprint density at radius 2 is 1.33 bits per heavy atom. The fraction of sp³-hybridized carbons (Fsp3) is 0.960. The van der Waals surface area contributed by atoms with Crippen LogP contribution < -0.4 is 0 Å². The second-order valence-corrected chi connectivity index (χ2v) is 12.1. The van der Waals surface area contributed by atoms with Crippen molar-refractivity contribution in [3.63, 3.8) is 0 Å². The molecule has 8 heteroatoms. The van der Waals surface area contributed by atoms with E-state index in [1.807, 2.05) is 25.6 Å². The van der Waals surface area contributed by atoms with Crippen LogP contribution in [0.1, 0.15) is 130 Å². The molecule has 3 atom stereocenters. The third kappa shape index (κ3) is 17.9. The average molecular weight is 511 g/mol. The van der Waals surface area contributed by atoms with E-state index >= 15 is 0 Å². The van der Waals surface area contributed by atoms with Gasteiger partial charge in [0.15, 0.2) is 0 Å². The van der Waals surface area contributed by atoms with Gasteiger partial charge >= 0.3 is 13.3 Å². The topological polar surface area (TPSA) is 82.1 Å². The first-order chi connectivity index (χ1) is 15.9. The fourth-order valence-corrected chi connectivity index (χ4v) is 5.77. The molecule has 33 heavy (non-hydrogen) atoms. The van der Waals surface area contributed by atoms with Gasteiger partial charge in [-0.25, -0.2) is 14.2 Å². The molecule has 0 aliphatic rings. The van der Waals surface area contributed by atoms with E-state index in [9.17, 15) is 14.5 Å². The van der Waals surface area contributed by atoms with E-state index in [1.54, 1.807) is 0 Å². The van der Waals surface area contributed by atoms with Crippen molar-refractivity contribution < 1.29 is 28.6 Å². The highest BCUT2D eigenvalue weighted by Gasteiger charge is 2.38. The Balaban J connectivity index is 4.44. The monoisotopic (exact) mass is 510 g/mol. The maximum absolute atomic E-state index is 12.4. The Morgan fingerprint density at radius 3 is 1.85 bits per heavy atom. The lowest BCUT2D eigenvalue weighted by Gasteiger charge is -2.24. The normalized spacial score (nSPS) is 15.3. The summed E-state index contributed by atoms with van der Waals surface area (Å²) in [6.45, 7) is 8.19. The van der Waals surface area contributed by atoms with Gasteiger partial charge in [-0.15, -0.1) is 4.67 Å². The van der Waals surface area contributed by atoms with Gasteiger partial charge < -0.3 is 5.11 Å². The summed E-state index contributed by atoms with van der Waals surface area (Å²) >= 11 is 1.86. The highest BCUT2D eigenvalue weighted by molar-refractivity contribution is 7.99. The molecule has 6 nitrogen and oxygen atoms in total. The molecule has 0 aromatic carbocycles. The molecule has 0 aliphatic heterocycles. The molecule has 0 aliphatic carbocycles. The average Bonchev–Trinajstić information content (AvgIpc) is 2.80. The Labute approximate surface area is 207 Å². The summed E-state index contributed by atoms with van der Waals surface area (Å²) in [5.74, 6) is 1.05. The second kappa shape index (κ2) is 22.4. The highest BCUT2D eigenvalue weighted by Crippen LogP contribution is 2.49. The number of carboxylic acid groups (broad SMARTS) is 1. The molecule has 0 aromatic heterocycles. The molecule has 0 radical (unpaired) electrons.